The summed E-state index contributed by atoms with van der Waals surface area (Å²) in [5, 5.41) is 0. The van der Waals surface area contributed by atoms with Gasteiger partial charge in [0.2, 0.25) is 0 Å². The van der Waals surface area contributed by atoms with Crippen molar-refractivity contribution in [3.05, 3.63) is 57.6 Å². The van der Waals surface area contributed by atoms with Gasteiger partial charge in [-0.3, -0.25) is 0 Å². The minimum absolute atomic E-state index is 1.17. The maximum atomic E-state index is 3.44. The lowest BCUT2D eigenvalue weighted by Crippen LogP contribution is -1.87. The molecule has 0 fully saturated rings. The van der Waals surface area contributed by atoms with Crippen molar-refractivity contribution in [3.63, 3.8) is 0 Å². The molecule has 21 heavy (non-hydrogen) atoms. The second-order valence-corrected chi connectivity index (χ2v) is 9.06. The Morgan fingerprint density at radius 3 is 1.19 bits per heavy atom. The highest BCUT2D eigenvalue weighted by Crippen LogP contribution is 2.46. The van der Waals surface area contributed by atoms with Crippen molar-refractivity contribution in [3.8, 4) is 0 Å². The average molecular weight is 331 g/mol. The minimum Gasteiger partial charge on any atom is -0.0448 e. The van der Waals surface area contributed by atoms with E-state index in [1.807, 2.05) is 0 Å². The number of aryl methyl sites for hydroxylation is 6. The quantitative estimate of drug-likeness (QED) is 0.614. The lowest BCUT2D eigenvalue weighted by Gasteiger charge is -2.09. The third-order valence-electron chi connectivity index (χ3n) is 3.39. The molecule has 0 aromatic heterocycles. The first kappa shape index (κ1) is 16.9. The molecule has 0 N–H and O–H groups in total. The van der Waals surface area contributed by atoms with Crippen LogP contribution in [0.4, 0.5) is 0 Å². The lowest BCUT2D eigenvalue weighted by molar-refractivity contribution is 1.19. The monoisotopic (exact) mass is 330 g/mol. The molecule has 0 heterocycles. The second-order valence-electron chi connectivity index (χ2n) is 5.14. The molecule has 0 aliphatic carbocycles. The van der Waals surface area contributed by atoms with Crippen molar-refractivity contribution in [2.45, 2.75) is 51.3 Å². The van der Waals surface area contributed by atoms with E-state index in [1.54, 1.807) is 31.4 Å². The average Bonchev–Trinajstić information content (AvgIpc) is 2.41. The summed E-state index contributed by atoms with van der Waals surface area (Å²) >= 11 is 0. The minimum atomic E-state index is 1.17. The van der Waals surface area contributed by atoms with Crippen molar-refractivity contribution in [2.24, 2.45) is 0 Å². The van der Waals surface area contributed by atoms with Crippen LogP contribution in [0.2, 0.25) is 0 Å². The molecular weight excluding hydrogens is 312 g/mol. The van der Waals surface area contributed by atoms with Gasteiger partial charge in [0.15, 0.2) is 0 Å². The predicted molar refractivity (Wildman–Crippen MR) is 96.0 cm³/mol. The van der Waals surface area contributed by atoms with Crippen LogP contribution in [0.15, 0.2) is 9.79 Å². The molecule has 0 saturated heterocycles. The van der Waals surface area contributed by atoms with Crippen LogP contribution in [0.3, 0.4) is 0 Å². The van der Waals surface area contributed by atoms with Crippen molar-refractivity contribution >= 4 is 31.4 Å². The van der Waals surface area contributed by atoms with Crippen LogP contribution in [0.25, 0.3) is 0 Å². The van der Waals surface area contributed by atoms with Crippen molar-refractivity contribution in [1.29, 1.82) is 0 Å². The molecule has 0 unspecified atom stereocenters. The van der Waals surface area contributed by atoms with E-state index >= 15 is 0 Å². The van der Waals surface area contributed by atoms with Gasteiger partial charge in [0.25, 0.3) is 0 Å². The Hall–Kier alpha value is -0.510. The predicted octanol–water partition coefficient (Wildman–Crippen LogP) is 6.19. The lowest BCUT2D eigenvalue weighted by atomic mass is 10.1. The maximum absolute atomic E-state index is 3.44. The standard InChI is InChI=1S/C18H18S3/c1-11-7-15(5)17(9-13(11)3)19-21-20-18-10-14(4)12(2)8-16(18)6/h1-6H3. The van der Waals surface area contributed by atoms with Crippen LogP contribution in [-0.2, 0) is 0 Å². The molecule has 0 saturated carbocycles. The van der Waals surface area contributed by atoms with Crippen molar-refractivity contribution in [2.75, 3.05) is 0 Å². The topological polar surface area (TPSA) is 0 Å². The summed E-state index contributed by atoms with van der Waals surface area (Å²) < 4.78 is 0. The molecule has 4 radical (unpaired) electrons. The first-order valence-corrected chi connectivity index (χ1v) is 10.2. The molecule has 0 nitrogen and oxygen atoms in total. The van der Waals surface area contributed by atoms with E-state index in [-0.39, 0.29) is 0 Å². The molecule has 0 atom stereocenters. The van der Waals surface area contributed by atoms with Crippen LogP contribution >= 0.6 is 31.4 Å². The zero-order valence-corrected chi connectivity index (χ0v) is 15.7. The Balaban J connectivity index is 2.05. The summed E-state index contributed by atoms with van der Waals surface area (Å²) in [7, 11) is 5.23. The first-order chi connectivity index (χ1) is 9.88. The van der Waals surface area contributed by atoms with Gasteiger partial charge in [0, 0.05) is 21.9 Å². The van der Waals surface area contributed by atoms with E-state index < -0.39 is 0 Å². The van der Waals surface area contributed by atoms with Crippen molar-refractivity contribution < 1.29 is 0 Å². The van der Waals surface area contributed by atoms with Crippen LogP contribution in [-0.4, -0.2) is 0 Å². The molecule has 2 aromatic rings. The zero-order chi connectivity index (χ0) is 15.6. The fourth-order valence-corrected chi connectivity index (χ4v) is 5.78. The molecular formula is C18H18S3. The molecule has 3 heteroatoms. The maximum Gasteiger partial charge on any atom is 0.0308 e. The van der Waals surface area contributed by atoms with E-state index in [0.717, 1.165) is 0 Å². The Morgan fingerprint density at radius 2 is 0.810 bits per heavy atom. The van der Waals surface area contributed by atoms with E-state index in [9.17, 15) is 0 Å². The van der Waals surface area contributed by atoms with Gasteiger partial charge in [0.1, 0.15) is 0 Å². The zero-order valence-electron chi connectivity index (χ0n) is 13.2. The summed E-state index contributed by atoms with van der Waals surface area (Å²) in [6.45, 7) is 12.5. The third-order valence-corrected chi connectivity index (χ3v) is 7.31. The Kier molecular flexibility index (Phi) is 5.75. The molecule has 108 valence electrons. The van der Waals surface area contributed by atoms with Crippen molar-refractivity contribution in [1.82, 2.24) is 0 Å². The summed E-state index contributed by atoms with van der Waals surface area (Å²) in [5.74, 6) is 0. The molecule has 0 amide bonds. The summed E-state index contributed by atoms with van der Waals surface area (Å²) in [5.41, 5.74) is 7.06. The van der Waals surface area contributed by atoms with Crippen LogP contribution < -0.4 is 0 Å². The van der Waals surface area contributed by atoms with Gasteiger partial charge in [-0.25, -0.2) is 0 Å². The van der Waals surface area contributed by atoms with E-state index in [4.69, 9.17) is 0 Å². The largest absolute Gasteiger partial charge is 0.0448 e. The summed E-state index contributed by atoms with van der Waals surface area (Å²) in [4.78, 5) is 2.34. The Bertz CT molecular complexity index is 602. The van der Waals surface area contributed by atoms with Gasteiger partial charge in [-0.1, -0.05) is 0 Å². The molecule has 0 aliphatic rings. The molecule has 2 aromatic carbocycles. The van der Waals surface area contributed by atoms with Gasteiger partial charge in [0.05, 0.1) is 0 Å². The highest BCUT2D eigenvalue weighted by Gasteiger charge is 2.08. The summed E-state index contributed by atoms with van der Waals surface area (Å²) in [6, 6.07) is 13.7. The molecule has 2 rings (SSSR count). The highest BCUT2D eigenvalue weighted by atomic mass is 33.5. The van der Waals surface area contributed by atoms with Crippen LogP contribution in [0.1, 0.15) is 33.4 Å². The van der Waals surface area contributed by atoms with E-state index in [1.165, 1.54) is 43.2 Å². The smallest absolute Gasteiger partial charge is 0.0308 e. The van der Waals surface area contributed by atoms with Gasteiger partial charge >= 0.3 is 0 Å². The third kappa shape index (κ3) is 4.24. The fourth-order valence-electron chi connectivity index (χ4n) is 1.83. The Labute approximate surface area is 140 Å². The fraction of sp³-hybridized carbons (Fsp3) is 0.333. The number of hydrogen-bond acceptors (Lipinski definition) is 3. The van der Waals surface area contributed by atoms with Gasteiger partial charge in [-0.2, -0.15) is 0 Å². The van der Waals surface area contributed by atoms with Gasteiger partial charge < -0.3 is 0 Å². The van der Waals surface area contributed by atoms with Crippen LogP contribution in [0.5, 0.6) is 0 Å². The number of benzene rings is 2. The summed E-state index contributed by atoms with van der Waals surface area (Å²) in [6.07, 6.45) is 0. The molecule has 0 spiro atoms. The SMILES string of the molecule is Cc1[c]c(C)c(SSSc2[c]c(C)c(C)[c]c2C)[c]c1C. The number of rotatable bonds is 4. The second kappa shape index (κ2) is 7.17. The number of hydrogen-bond donors (Lipinski definition) is 0. The normalized spacial score (nSPS) is 11.0. The van der Waals surface area contributed by atoms with Crippen LogP contribution in [0, 0.1) is 65.8 Å². The Morgan fingerprint density at radius 1 is 0.476 bits per heavy atom. The van der Waals surface area contributed by atoms with E-state index in [2.05, 4.69) is 65.8 Å². The molecule has 0 bridgehead atoms. The van der Waals surface area contributed by atoms with Gasteiger partial charge in [-0.05, 0) is 118 Å². The van der Waals surface area contributed by atoms with E-state index in [0.29, 0.717) is 0 Å². The van der Waals surface area contributed by atoms with Gasteiger partial charge in [-0.15, -0.1) is 0 Å². The highest BCUT2D eigenvalue weighted by molar-refractivity contribution is 9.09. The molecule has 0 aliphatic heterocycles. The first-order valence-electron chi connectivity index (χ1n) is 6.74.